The van der Waals surface area contributed by atoms with Gasteiger partial charge in [-0.25, -0.2) is 0 Å². The minimum atomic E-state index is -0.505. The summed E-state index contributed by atoms with van der Waals surface area (Å²) in [6.45, 7) is 1.77. The first-order valence-corrected chi connectivity index (χ1v) is 9.68. The van der Waals surface area contributed by atoms with Crippen molar-refractivity contribution in [1.82, 2.24) is 0 Å². The molecule has 2 N–H and O–H groups in total. The van der Waals surface area contributed by atoms with E-state index in [2.05, 4.69) is 11.2 Å². The third-order valence-electron chi connectivity index (χ3n) is 5.20. The number of nitriles is 1. The van der Waals surface area contributed by atoms with Crippen molar-refractivity contribution in [1.29, 1.82) is 5.26 Å². The maximum Gasteiger partial charge on any atom is 0.106 e. The maximum atomic E-state index is 10.1. The molecular weight excluding hydrogens is 368 g/mol. The Kier molecular flexibility index (Phi) is 6.99. The van der Waals surface area contributed by atoms with Gasteiger partial charge < -0.3 is 19.8 Å². The number of aliphatic hydroxyl groups excluding tert-OH is 2. The van der Waals surface area contributed by atoms with Crippen LogP contribution >= 0.6 is 0 Å². The summed E-state index contributed by atoms with van der Waals surface area (Å²) < 4.78 is 5.92. The van der Waals surface area contributed by atoms with Gasteiger partial charge in [-0.05, 0) is 41.7 Å². The van der Waals surface area contributed by atoms with Gasteiger partial charge in [0.15, 0.2) is 0 Å². The lowest BCUT2D eigenvalue weighted by Gasteiger charge is -2.32. The van der Waals surface area contributed by atoms with Gasteiger partial charge >= 0.3 is 0 Å². The van der Waals surface area contributed by atoms with E-state index in [1.807, 2.05) is 43.3 Å². The van der Waals surface area contributed by atoms with Crippen molar-refractivity contribution in [3.63, 3.8) is 0 Å². The number of oxime groups is 1. The van der Waals surface area contributed by atoms with Crippen LogP contribution < -0.4 is 0 Å². The molecule has 2 aromatic rings. The van der Waals surface area contributed by atoms with Crippen LogP contribution in [0.4, 0.5) is 0 Å². The smallest absolute Gasteiger partial charge is 0.106 e. The van der Waals surface area contributed by atoms with E-state index in [0.29, 0.717) is 24.8 Å². The monoisotopic (exact) mass is 394 g/mol. The number of ether oxygens (including phenoxy) is 1. The fraction of sp³-hybridized carbons (Fsp3) is 0.391. The lowest BCUT2D eigenvalue weighted by molar-refractivity contribution is -0.113. The summed E-state index contributed by atoms with van der Waals surface area (Å²) in [4.78, 5) is 4.81. The van der Waals surface area contributed by atoms with E-state index in [4.69, 9.17) is 9.57 Å². The minimum absolute atomic E-state index is 0.116. The summed E-state index contributed by atoms with van der Waals surface area (Å²) >= 11 is 0. The zero-order chi connectivity index (χ0) is 20.8. The topological polar surface area (TPSA) is 95.1 Å². The first-order chi connectivity index (χ1) is 14.0. The van der Waals surface area contributed by atoms with Crippen molar-refractivity contribution >= 4 is 5.71 Å². The normalized spacial score (nSPS) is 22.2. The predicted octanol–water partition coefficient (Wildman–Crippen LogP) is 3.09. The highest BCUT2D eigenvalue weighted by Gasteiger charge is 2.29. The minimum Gasteiger partial charge on any atom is -0.399 e. The van der Waals surface area contributed by atoms with Crippen LogP contribution in [0.1, 0.15) is 53.7 Å². The lowest BCUT2D eigenvalue weighted by atomic mass is 9.92. The summed E-state index contributed by atoms with van der Waals surface area (Å²) in [5.41, 5.74) is 5.28. The number of hydrogen-bond donors (Lipinski definition) is 2. The van der Waals surface area contributed by atoms with Gasteiger partial charge in [0.25, 0.3) is 0 Å². The van der Waals surface area contributed by atoms with Crippen molar-refractivity contribution in [2.24, 2.45) is 5.16 Å². The highest BCUT2D eigenvalue weighted by Crippen LogP contribution is 2.32. The molecule has 6 nitrogen and oxygen atoms in total. The Morgan fingerprint density at radius 1 is 1.24 bits per heavy atom. The molecule has 3 unspecified atom stereocenters. The molecule has 3 rings (SSSR count). The molecule has 29 heavy (non-hydrogen) atoms. The standard InChI is InChI=1S/C23H26N2O4/c1-15(25-28-2)17-5-3-16(4-6-17)9-20-10-18(7-8-19(20)13-24)23-12-21(27)11-22(14-26)29-23/h3-8,10,21-23,26-27H,9,11-12,14H2,1-2H3/b25-15+. The van der Waals surface area contributed by atoms with E-state index in [-0.39, 0.29) is 18.8 Å². The summed E-state index contributed by atoms with van der Waals surface area (Å²) in [5, 5.41) is 33.0. The van der Waals surface area contributed by atoms with Gasteiger partial charge in [-0.3, -0.25) is 0 Å². The number of benzene rings is 2. The summed E-state index contributed by atoms with van der Waals surface area (Å²) in [5.74, 6) is 0. The molecule has 1 heterocycles. The Labute approximate surface area is 171 Å². The van der Waals surface area contributed by atoms with E-state index in [9.17, 15) is 15.5 Å². The molecule has 0 saturated carbocycles. The van der Waals surface area contributed by atoms with Crippen molar-refractivity contribution < 1.29 is 19.8 Å². The second-order valence-electron chi connectivity index (χ2n) is 7.32. The van der Waals surface area contributed by atoms with Crippen molar-refractivity contribution in [3.05, 3.63) is 70.3 Å². The van der Waals surface area contributed by atoms with Crippen LogP contribution in [0.3, 0.4) is 0 Å². The van der Waals surface area contributed by atoms with Crippen LogP contribution in [0.15, 0.2) is 47.6 Å². The maximum absolute atomic E-state index is 10.1. The molecule has 0 aliphatic carbocycles. The van der Waals surface area contributed by atoms with Gasteiger partial charge in [0, 0.05) is 12.8 Å². The van der Waals surface area contributed by atoms with Crippen molar-refractivity contribution in [3.8, 4) is 6.07 Å². The number of aliphatic hydroxyl groups is 2. The Morgan fingerprint density at radius 2 is 2.00 bits per heavy atom. The molecule has 0 aromatic heterocycles. The Morgan fingerprint density at radius 3 is 2.66 bits per heavy atom. The second-order valence-corrected chi connectivity index (χ2v) is 7.32. The molecule has 0 amide bonds. The van der Waals surface area contributed by atoms with Crippen LogP contribution in [0, 0.1) is 11.3 Å². The van der Waals surface area contributed by atoms with Crippen molar-refractivity contribution in [2.45, 2.75) is 44.5 Å². The Hall–Kier alpha value is -2.72. The number of rotatable bonds is 6. The van der Waals surface area contributed by atoms with E-state index >= 15 is 0 Å². The van der Waals surface area contributed by atoms with E-state index < -0.39 is 6.10 Å². The van der Waals surface area contributed by atoms with Crippen LogP contribution in [0.25, 0.3) is 0 Å². The second kappa shape index (κ2) is 9.66. The third-order valence-corrected chi connectivity index (χ3v) is 5.20. The quantitative estimate of drug-likeness (QED) is 0.580. The molecule has 0 radical (unpaired) electrons. The van der Waals surface area contributed by atoms with Gasteiger partial charge in [-0.15, -0.1) is 0 Å². The summed E-state index contributed by atoms with van der Waals surface area (Å²) in [6.07, 6.45) is 0.360. The zero-order valence-corrected chi connectivity index (χ0v) is 16.7. The average Bonchev–Trinajstić information content (AvgIpc) is 2.74. The first-order valence-electron chi connectivity index (χ1n) is 9.68. The highest BCUT2D eigenvalue weighted by molar-refractivity contribution is 5.98. The highest BCUT2D eigenvalue weighted by atomic mass is 16.6. The molecule has 0 bridgehead atoms. The predicted molar refractivity (Wildman–Crippen MR) is 110 cm³/mol. The van der Waals surface area contributed by atoms with E-state index in [0.717, 1.165) is 28.0 Å². The Bertz CT molecular complexity index is 902. The van der Waals surface area contributed by atoms with Crippen LogP contribution in [0.5, 0.6) is 0 Å². The summed E-state index contributed by atoms with van der Waals surface area (Å²) in [6, 6.07) is 15.9. The molecule has 152 valence electrons. The van der Waals surface area contributed by atoms with Crippen LogP contribution in [-0.2, 0) is 16.0 Å². The van der Waals surface area contributed by atoms with E-state index in [1.165, 1.54) is 7.11 Å². The molecule has 1 aliphatic heterocycles. The molecule has 1 aliphatic rings. The molecule has 6 heteroatoms. The molecule has 3 atom stereocenters. The fourth-order valence-electron chi connectivity index (χ4n) is 3.67. The largest absolute Gasteiger partial charge is 0.399 e. The average molecular weight is 394 g/mol. The van der Waals surface area contributed by atoms with Crippen LogP contribution in [0.2, 0.25) is 0 Å². The van der Waals surface area contributed by atoms with Gasteiger partial charge in [0.05, 0.1) is 42.3 Å². The third kappa shape index (κ3) is 5.21. The first kappa shape index (κ1) is 21.0. The fourth-order valence-corrected chi connectivity index (χ4v) is 3.67. The number of nitrogens with zero attached hydrogens (tertiary/aromatic N) is 2. The van der Waals surface area contributed by atoms with Crippen molar-refractivity contribution in [2.75, 3.05) is 13.7 Å². The van der Waals surface area contributed by atoms with E-state index in [1.54, 1.807) is 6.07 Å². The van der Waals surface area contributed by atoms with Crippen LogP contribution in [-0.4, -0.2) is 41.8 Å². The van der Waals surface area contributed by atoms with Gasteiger partial charge in [-0.1, -0.05) is 41.6 Å². The van der Waals surface area contributed by atoms with Gasteiger partial charge in [-0.2, -0.15) is 5.26 Å². The Balaban J connectivity index is 1.83. The number of hydrogen-bond acceptors (Lipinski definition) is 6. The molecular formula is C23H26N2O4. The molecule has 2 aromatic carbocycles. The van der Waals surface area contributed by atoms with Gasteiger partial charge in [0.1, 0.15) is 7.11 Å². The molecule has 1 fully saturated rings. The zero-order valence-electron chi connectivity index (χ0n) is 16.7. The summed E-state index contributed by atoms with van der Waals surface area (Å²) in [7, 11) is 1.52. The SMILES string of the molecule is CO/N=C(\C)c1ccc(Cc2cc(C3CC(O)CC(CO)O3)ccc2C#N)cc1. The van der Waals surface area contributed by atoms with Gasteiger partial charge in [0.2, 0.25) is 0 Å². The lowest BCUT2D eigenvalue weighted by Crippen LogP contribution is -2.33. The molecule has 0 spiro atoms. The molecule has 1 saturated heterocycles.